The van der Waals surface area contributed by atoms with Gasteiger partial charge in [0.05, 0.1) is 0 Å². The van der Waals surface area contributed by atoms with Crippen LogP contribution >= 0.6 is 22.6 Å². The molecular formula is C18H28IN. The number of hydrogen-bond donors (Lipinski definition) is 1. The fraction of sp³-hybridized carbons (Fsp3) is 0.667. The van der Waals surface area contributed by atoms with Crippen LogP contribution in [0.2, 0.25) is 0 Å². The molecule has 20 heavy (non-hydrogen) atoms. The summed E-state index contributed by atoms with van der Waals surface area (Å²) in [6.45, 7) is 9.47. The van der Waals surface area contributed by atoms with Crippen molar-refractivity contribution in [3.05, 3.63) is 33.4 Å². The second kappa shape index (κ2) is 7.26. The Bertz CT molecular complexity index is 412. The van der Waals surface area contributed by atoms with E-state index >= 15 is 0 Å². The van der Waals surface area contributed by atoms with E-state index in [1.807, 2.05) is 0 Å². The molecule has 0 aromatic heterocycles. The molecule has 1 N–H and O–H groups in total. The van der Waals surface area contributed by atoms with Gasteiger partial charge in [0.1, 0.15) is 0 Å². The van der Waals surface area contributed by atoms with Gasteiger partial charge in [-0.2, -0.15) is 0 Å². The lowest BCUT2D eigenvalue weighted by atomic mass is 9.73. The second-order valence-electron chi connectivity index (χ2n) is 6.87. The van der Waals surface area contributed by atoms with Crippen LogP contribution in [0.25, 0.3) is 0 Å². The van der Waals surface area contributed by atoms with Gasteiger partial charge >= 0.3 is 0 Å². The van der Waals surface area contributed by atoms with Gasteiger partial charge in [-0.1, -0.05) is 39.3 Å². The summed E-state index contributed by atoms with van der Waals surface area (Å²) in [6.07, 6.45) is 4.12. The van der Waals surface area contributed by atoms with E-state index in [0.29, 0.717) is 12.1 Å². The van der Waals surface area contributed by atoms with Crippen molar-refractivity contribution in [2.45, 2.75) is 59.0 Å². The molecule has 0 heterocycles. The first kappa shape index (κ1) is 16.3. The standard InChI is InChI=1S/C18H28IN/c1-12(2)17-10-5-13(3)11-18(17)20-14(4)15-6-8-16(19)9-7-15/h6-9,12-14,17-18,20H,5,10-11H2,1-4H3. The van der Waals surface area contributed by atoms with Gasteiger partial charge in [-0.3, -0.25) is 0 Å². The third-order valence-corrected chi connectivity index (χ3v) is 5.58. The highest BCUT2D eigenvalue weighted by Crippen LogP contribution is 2.34. The molecule has 112 valence electrons. The molecule has 0 aliphatic heterocycles. The van der Waals surface area contributed by atoms with Crippen molar-refractivity contribution in [1.82, 2.24) is 5.32 Å². The van der Waals surface area contributed by atoms with Crippen LogP contribution in [-0.2, 0) is 0 Å². The summed E-state index contributed by atoms with van der Waals surface area (Å²) in [5.41, 5.74) is 1.41. The molecule has 1 aliphatic carbocycles. The Labute approximate surface area is 138 Å². The lowest BCUT2D eigenvalue weighted by Crippen LogP contribution is -2.43. The van der Waals surface area contributed by atoms with Crippen molar-refractivity contribution in [3.63, 3.8) is 0 Å². The first-order chi connectivity index (χ1) is 9.47. The lowest BCUT2D eigenvalue weighted by Gasteiger charge is -2.39. The Balaban J connectivity index is 2.03. The lowest BCUT2D eigenvalue weighted by molar-refractivity contribution is 0.161. The summed E-state index contributed by atoms with van der Waals surface area (Å²) in [4.78, 5) is 0. The highest BCUT2D eigenvalue weighted by Gasteiger charge is 2.31. The van der Waals surface area contributed by atoms with Crippen molar-refractivity contribution in [1.29, 1.82) is 0 Å². The van der Waals surface area contributed by atoms with E-state index in [1.165, 1.54) is 28.4 Å². The first-order valence-corrected chi connectivity index (χ1v) is 9.06. The van der Waals surface area contributed by atoms with Crippen LogP contribution in [0.3, 0.4) is 0 Å². The molecule has 1 nitrogen and oxygen atoms in total. The Hall–Kier alpha value is -0.0900. The quantitative estimate of drug-likeness (QED) is 0.684. The number of halogens is 1. The predicted octanol–water partition coefficient (Wildman–Crippen LogP) is 5.40. The summed E-state index contributed by atoms with van der Waals surface area (Å²) >= 11 is 2.37. The topological polar surface area (TPSA) is 12.0 Å². The molecule has 0 saturated heterocycles. The molecule has 1 saturated carbocycles. The Morgan fingerprint density at radius 2 is 1.75 bits per heavy atom. The highest BCUT2D eigenvalue weighted by atomic mass is 127. The van der Waals surface area contributed by atoms with E-state index in [4.69, 9.17) is 0 Å². The number of rotatable bonds is 4. The predicted molar refractivity (Wildman–Crippen MR) is 95.8 cm³/mol. The fourth-order valence-electron chi connectivity index (χ4n) is 3.56. The van der Waals surface area contributed by atoms with Crippen molar-refractivity contribution >= 4 is 22.6 Å². The average molecular weight is 385 g/mol. The van der Waals surface area contributed by atoms with Crippen LogP contribution in [0.1, 0.15) is 58.6 Å². The van der Waals surface area contributed by atoms with Gasteiger partial charge in [-0.25, -0.2) is 0 Å². The van der Waals surface area contributed by atoms with Gasteiger partial charge in [-0.15, -0.1) is 0 Å². The minimum absolute atomic E-state index is 0.448. The van der Waals surface area contributed by atoms with E-state index in [-0.39, 0.29) is 0 Å². The molecule has 1 aliphatic rings. The summed E-state index contributed by atoms with van der Waals surface area (Å²) in [5, 5.41) is 3.91. The number of hydrogen-bond acceptors (Lipinski definition) is 1. The minimum atomic E-state index is 0.448. The maximum atomic E-state index is 3.91. The molecule has 1 aromatic rings. The van der Waals surface area contributed by atoms with Gasteiger partial charge in [-0.05, 0) is 77.8 Å². The molecule has 1 fully saturated rings. The maximum absolute atomic E-state index is 3.91. The van der Waals surface area contributed by atoms with E-state index in [9.17, 15) is 0 Å². The van der Waals surface area contributed by atoms with Crippen molar-refractivity contribution in [2.75, 3.05) is 0 Å². The molecule has 2 rings (SSSR count). The monoisotopic (exact) mass is 385 g/mol. The van der Waals surface area contributed by atoms with E-state index in [0.717, 1.165) is 17.8 Å². The van der Waals surface area contributed by atoms with E-state index in [2.05, 4.69) is 79.9 Å². The highest BCUT2D eigenvalue weighted by molar-refractivity contribution is 14.1. The third kappa shape index (κ3) is 4.20. The second-order valence-corrected chi connectivity index (χ2v) is 8.12. The summed E-state index contributed by atoms with van der Waals surface area (Å²) in [7, 11) is 0. The first-order valence-electron chi connectivity index (χ1n) is 7.99. The molecule has 0 bridgehead atoms. The van der Waals surface area contributed by atoms with Crippen LogP contribution in [0.5, 0.6) is 0 Å². The van der Waals surface area contributed by atoms with Crippen LogP contribution in [0, 0.1) is 21.3 Å². The molecule has 0 amide bonds. The van der Waals surface area contributed by atoms with Gasteiger partial charge in [0, 0.05) is 15.7 Å². The zero-order chi connectivity index (χ0) is 14.7. The van der Waals surface area contributed by atoms with Gasteiger partial charge in [0.25, 0.3) is 0 Å². The largest absolute Gasteiger partial charge is 0.307 e. The average Bonchev–Trinajstić information content (AvgIpc) is 2.39. The SMILES string of the molecule is CC1CCC(C(C)C)C(NC(C)c2ccc(I)cc2)C1. The molecule has 2 heteroatoms. The zero-order valence-electron chi connectivity index (χ0n) is 13.2. The molecule has 1 aromatic carbocycles. The number of benzene rings is 1. The fourth-order valence-corrected chi connectivity index (χ4v) is 3.92. The van der Waals surface area contributed by atoms with Crippen molar-refractivity contribution in [3.8, 4) is 0 Å². The van der Waals surface area contributed by atoms with Gasteiger partial charge in [0.2, 0.25) is 0 Å². The molecule has 0 radical (unpaired) electrons. The summed E-state index contributed by atoms with van der Waals surface area (Å²) in [6, 6.07) is 10.1. The maximum Gasteiger partial charge on any atom is 0.0294 e. The Kier molecular flexibility index (Phi) is 5.91. The van der Waals surface area contributed by atoms with Crippen LogP contribution < -0.4 is 5.32 Å². The molecular weight excluding hydrogens is 357 g/mol. The molecule has 4 atom stereocenters. The Morgan fingerprint density at radius 1 is 1.10 bits per heavy atom. The van der Waals surface area contributed by atoms with Crippen molar-refractivity contribution in [2.24, 2.45) is 17.8 Å². The van der Waals surface area contributed by atoms with Crippen LogP contribution in [-0.4, -0.2) is 6.04 Å². The van der Waals surface area contributed by atoms with E-state index < -0.39 is 0 Å². The normalized spacial score (nSPS) is 28.6. The van der Waals surface area contributed by atoms with Crippen LogP contribution in [0.15, 0.2) is 24.3 Å². The summed E-state index contributed by atoms with van der Waals surface area (Å²) < 4.78 is 1.31. The van der Waals surface area contributed by atoms with Crippen LogP contribution in [0.4, 0.5) is 0 Å². The molecule has 4 unspecified atom stereocenters. The number of nitrogens with one attached hydrogen (secondary N) is 1. The third-order valence-electron chi connectivity index (χ3n) is 4.86. The molecule has 0 spiro atoms. The zero-order valence-corrected chi connectivity index (χ0v) is 15.4. The minimum Gasteiger partial charge on any atom is -0.307 e. The Morgan fingerprint density at radius 3 is 2.35 bits per heavy atom. The van der Waals surface area contributed by atoms with Gasteiger partial charge < -0.3 is 5.32 Å². The smallest absolute Gasteiger partial charge is 0.0294 e. The van der Waals surface area contributed by atoms with Gasteiger partial charge in [0.15, 0.2) is 0 Å². The summed E-state index contributed by atoms with van der Waals surface area (Å²) in [5.74, 6) is 2.48. The van der Waals surface area contributed by atoms with E-state index in [1.54, 1.807) is 0 Å². The van der Waals surface area contributed by atoms with Crippen molar-refractivity contribution < 1.29 is 0 Å².